The lowest BCUT2D eigenvalue weighted by Crippen LogP contribution is -2.06. The summed E-state index contributed by atoms with van der Waals surface area (Å²) in [5.74, 6) is -1.13. The van der Waals surface area contributed by atoms with Crippen molar-refractivity contribution in [2.24, 2.45) is 0 Å². The Morgan fingerprint density at radius 3 is 2.43 bits per heavy atom. The van der Waals surface area contributed by atoms with Gasteiger partial charge in [0.15, 0.2) is 0 Å². The standard InChI is InChI=1S/C17H13N7O4/c25-13(26)9-3-1-2-4-10(9)19-15-22-14(23-17(28)24-15)18-8-5-6-11-12(7-8)21-16(27)20-11/h1-7H,(H,25,26)(H2,20,21,27)(H3,18,19,22,23,24,28). The second-order valence-electron chi connectivity index (χ2n) is 5.72. The quantitative estimate of drug-likeness (QED) is 0.303. The normalized spacial score (nSPS) is 10.7. The molecule has 0 aliphatic rings. The smallest absolute Gasteiger partial charge is 0.337 e. The predicted octanol–water partition coefficient (Wildman–Crippen LogP) is 1.93. The van der Waals surface area contributed by atoms with E-state index in [1.165, 1.54) is 6.07 Å². The highest BCUT2D eigenvalue weighted by Gasteiger charge is 2.12. The van der Waals surface area contributed by atoms with Crippen molar-refractivity contribution in [3.05, 3.63) is 58.5 Å². The molecule has 2 aromatic heterocycles. The number of imidazole rings is 1. The van der Waals surface area contributed by atoms with Crippen LogP contribution in [0.2, 0.25) is 0 Å². The number of rotatable bonds is 5. The summed E-state index contributed by atoms with van der Waals surface area (Å²) in [6.45, 7) is 0. The van der Waals surface area contributed by atoms with Gasteiger partial charge in [-0.05, 0) is 30.3 Å². The van der Waals surface area contributed by atoms with Gasteiger partial charge in [0.05, 0.1) is 22.3 Å². The van der Waals surface area contributed by atoms with Crippen LogP contribution in [0.4, 0.5) is 23.3 Å². The maximum Gasteiger partial charge on any atom is 0.337 e. The van der Waals surface area contributed by atoms with Gasteiger partial charge in [-0.2, -0.15) is 15.0 Å². The minimum atomic E-state index is -1.12. The number of nitrogens with zero attached hydrogens (tertiary/aromatic N) is 3. The van der Waals surface area contributed by atoms with E-state index < -0.39 is 12.0 Å². The summed E-state index contributed by atoms with van der Waals surface area (Å²) in [6, 6.07) is 10.7. The molecule has 0 radical (unpaired) electrons. The first kappa shape index (κ1) is 17.0. The van der Waals surface area contributed by atoms with Gasteiger partial charge in [0.2, 0.25) is 11.9 Å². The number of fused-ring (bicyclic) bond motifs is 1. The largest absolute Gasteiger partial charge is 0.479 e. The first-order valence-electron chi connectivity index (χ1n) is 8.01. The number of benzene rings is 2. The van der Waals surface area contributed by atoms with Crippen molar-refractivity contribution >= 4 is 40.3 Å². The highest BCUT2D eigenvalue weighted by atomic mass is 16.4. The van der Waals surface area contributed by atoms with Crippen LogP contribution in [0.5, 0.6) is 6.01 Å². The predicted molar refractivity (Wildman–Crippen MR) is 100 cm³/mol. The molecule has 0 fully saturated rings. The van der Waals surface area contributed by atoms with Crippen LogP contribution < -0.4 is 16.3 Å². The molecule has 28 heavy (non-hydrogen) atoms. The van der Waals surface area contributed by atoms with Gasteiger partial charge in [0, 0.05) is 5.69 Å². The minimum Gasteiger partial charge on any atom is -0.479 e. The fraction of sp³-hybridized carbons (Fsp3) is 0. The van der Waals surface area contributed by atoms with Crippen molar-refractivity contribution in [2.75, 3.05) is 10.6 Å². The number of aromatic amines is 2. The third-order valence-corrected chi connectivity index (χ3v) is 3.80. The van der Waals surface area contributed by atoms with Crippen LogP contribution in [0.25, 0.3) is 11.0 Å². The molecule has 0 aliphatic heterocycles. The average Bonchev–Trinajstić information content (AvgIpc) is 3.01. The van der Waals surface area contributed by atoms with Gasteiger partial charge in [0.1, 0.15) is 0 Å². The SMILES string of the molecule is O=C(O)c1ccccc1Nc1nc(O)nc(Nc2ccc3[nH]c(=O)[nH]c3c2)n1. The molecule has 0 aliphatic carbocycles. The van der Waals surface area contributed by atoms with Crippen molar-refractivity contribution in [1.29, 1.82) is 0 Å². The monoisotopic (exact) mass is 379 g/mol. The topological polar surface area (TPSA) is 169 Å². The maximum atomic E-state index is 11.3. The summed E-state index contributed by atoms with van der Waals surface area (Å²) in [7, 11) is 0. The number of hydrogen-bond acceptors (Lipinski definition) is 8. The van der Waals surface area contributed by atoms with Crippen LogP contribution in [-0.4, -0.2) is 41.1 Å². The molecule has 2 aromatic carbocycles. The highest BCUT2D eigenvalue weighted by Crippen LogP contribution is 2.22. The van der Waals surface area contributed by atoms with Gasteiger partial charge >= 0.3 is 17.7 Å². The van der Waals surface area contributed by atoms with E-state index in [0.717, 1.165) is 0 Å². The van der Waals surface area contributed by atoms with E-state index in [2.05, 4.69) is 35.6 Å². The molecule has 4 rings (SSSR count). The third-order valence-electron chi connectivity index (χ3n) is 3.80. The zero-order valence-electron chi connectivity index (χ0n) is 14.1. The molecule has 2 heterocycles. The Morgan fingerprint density at radius 1 is 0.929 bits per heavy atom. The maximum absolute atomic E-state index is 11.3. The number of carboxylic acids is 1. The summed E-state index contributed by atoms with van der Waals surface area (Å²) in [6.07, 6.45) is 0. The zero-order valence-corrected chi connectivity index (χ0v) is 14.1. The summed E-state index contributed by atoms with van der Waals surface area (Å²) in [4.78, 5) is 39.6. The number of carboxylic acid groups (broad SMARTS) is 1. The highest BCUT2D eigenvalue weighted by molar-refractivity contribution is 5.94. The van der Waals surface area contributed by atoms with Gasteiger partial charge in [-0.3, -0.25) is 0 Å². The summed E-state index contributed by atoms with van der Waals surface area (Å²) >= 11 is 0. The first-order valence-corrected chi connectivity index (χ1v) is 8.01. The lowest BCUT2D eigenvalue weighted by atomic mass is 10.2. The van der Waals surface area contributed by atoms with Gasteiger partial charge < -0.3 is 30.8 Å². The minimum absolute atomic E-state index is 0.0266. The molecule has 0 unspecified atom stereocenters. The molecular formula is C17H13N7O4. The molecule has 140 valence electrons. The molecule has 4 aromatic rings. The molecule has 0 saturated carbocycles. The van der Waals surface area contributed by atoms with E-state index >= 15 is 0 Å². The molecule has 0 bridgehead atoms. The molecule has 0 amide bonds. The fourth-order valence-corrected chi connectivity index (χ4v) is 2.62. The number of carbonyl (C=O) groups is 1. The van der Waals surface area contributed by atoms with Crippen LogP contribution in [0.15, 0.2) is 47.3 Å². The van der Waals surface area contributed by atoms with Crippen molar-refractivity contribution in [2.45, 2.75) is 0 Å². The van der Waals surface area contributed by atoms with Crippen molar-refractivity contribution in [1.82, 2.24) is 24.9 Å². The van der Waals surface area contributed by atoms with E-state index in [9.17, 15) is 19.8 Å². The molecule has 11 nitrogen and oxygen atoms in total. The Morgan fingerprint density at radius 2 is 1.64 bits per heavy atom. The Balaban J connectivity index is 1.63. The average molecular weight is 379 g/mol. The lowest BCUT2D eigenvalue weighted by molar-refractivity contribution is 0.0698. The summed E-state index contributed by atoms with van der Waals surface area (Å²) in [5, 5.41) is 24.7. The summed E-state index contributed by atoms with van der Waals surface area (Å²) < 4.78 is 0. The Labute approximate surface area is 156 Å². The number of hydrogen-bond donors (Lipinski definition) is 6. The number of aromatic carboxylic acids is 1. The van der Waals surface area contributed by atoms with E-state index in [1.54, 1.807) is 36.4 Å². The second kappa shape index (κ2) is 6.72. The second-order valence-corrected chi connectivity index (χ2v) is 5.72. The van der Waals surface area contributed by atoms with E-state index in [0.29, 0.717) is 16.7 Å². The Kier molecular flexibility index (Phi) is 4.09. The van der Waals surface area contributed by atoms with Crippen molar-refractivity contribution in [3.8, 4) is 6.01 Å². The Bertz CT molecular complexity index is 1250. The molecule has 0 saturated heterocycles. The Hall–Kier alpha value is -4.41. The molecule has 0 atom stereocenters. The third kappa shape index (κ3) is 3.44. The molecule has 0 spiro atoms. The summed E-state index contributed by atoms with van der Waals surface area (Å²) in [5.41, 5.74) is 1.75. The van der Waals surface area contributed by atoms with E-state index in [1.807, 2.05) is 0 Å². The van der Waals surface area contributed by atoms with Crippen LogP contribution >= 0.6 is 0 Å². The molecule has 6 N–H and O–H groups in total. The van der Waals surface area contributed by atoms with Crippen LogP contribution in [0.3, 0.4) is 0 Å². The van der Waals surface area contributed by atoms with E-state index in [-0.39, 0.29) is 28.8 Å². The number of nitrogens with one attached hydrogen (secondary N) is 4. The molecular weight excluding hydrogens is 366 g/mol. The number of aromatic nitrogens is 5. The van der Waals surface area contributed by atoms with Gasteiger partial charge in [-0.25, -0.2) is 9.59 Å². The number of anilines is 4. The number of para-hydroxylation sites is 1. The lowest BCUT2D eigenvalue weighted by Gasteiger charge is -2.10. The van der Waals surface area contributed by atoms with Gasteiger partial charge in [0.25, 0.3) is 0 Å². The van der Waals surface area contributed by atoms with Gasteiger partial charge in [-0.15, -0.1) is 0 Å². The fourth-order valence-electron chi connectivity index (χ4n) is 2.62. The zero-order chi connectivity index (χ0) is 19.7. The molecule has 11 heteroatoms. The van der Waals surface area contributed by atoms with Crippen LogP contribution in [0.1, 0.15) is 10.4 Å². The van der Waals surface area contributed by atoms with Crippen molar-refractivity contribution in [3.63, 3.8) is 0 Å². The van der Waals surface area contributed by atoms with Gasteiger partial charge in [-0.1, -0.05) is 12.1 Å². The van der Waals surface area contributed by atoms with Crippen molar-refractivity contribution < 1.29 is 15.0 Å². The first-order chi connectivity index (χ1) is 13.5. The number of H-pyrrole nitrogens is 2. The van der Waals surface area contributed by atoms with E-state index in [4.69, 9.17) is 0 Å². The number of aromatic hydroxyl groups is 1. The van der Waals surface area contributed by atoms with Crippen LogP contribution in [0, 0.1) is 0 Å². The van der Waals surface area contributed by atoms with Crippen LogP contribution in [-0.2, 0) is 0 Å².